The molecule has 0 aromatic heterocycles. The van der Waals surface area contributed by atoms with Crippen LogP contribution in [-0.2, 0) is 6.54 Å². The van der Waals surface area contributed by atoms with E-state index in [0.29, 0.717) is 17.1 Å². The normalized spacial score (nSPS) is 12.3. The van der Waals surface area contributed by atoms with Crippen LogP contribution in [0.15, 0.2) is 36.4 Å². The molecule has 1 N–H and O–H groups in total. The lowest BCUT2D eigenvalue weighted by Gasteiger charge is -2.09. The molecule has 0 saturated carbocycles. The summed E-state index contributed by atoms with van der Waals surface area (Å²) in [5, 5.41) is 2.70. The van der Waals surface area contributed by atoms with Crippen LogP contribution in [0.25, 0.3) is 0 Å². The number of nitrogens with one attached hydrogen (secondary N) is 1. The van der Waals surface area contributed by atoms with E-state index in [-0.39, 0.29) is 18.9 Å². The molecule has 108 valence electrons. The Balaban J connectivity index is 1.75. The summed E-state index contributed by atoms with van der Waals surface area (Å²) >= 11 is 0. The van der Waals surface area contributed by atoms with E-state index >= 15 is 0 Å². The number of halogens is 1. The minimum absolute atomic E-state index is 0.0414. The molecule has 0 aliphatic carbocycles. The summed E-state index contributed by atoms with van der Waals surface area (Å²) in [4.78, 5) is 12.1. The number of benzene rings is 2. The SMILES string of the molecule is Cc1cccc(C(=O)NCc2cccc3c2OCO3)c1F. The Kier molecular flexibility index (Phi) is 3.48. The van der Waals surface area contributed by atoms with Gasteiger partial charge >= 0.3 is 0 Å². The number of hydrogen-bond donors (Lipinski definition) is 1. The van der Waals surface area contributed by atoms with Crippen molar-refractivity contribution in [1.82, 2.24) is 5.32 Å². The summed E-state index contributed by atoms with van der Waals surface area (Å²) in [5.41, 5.74) is 1.28. The first-order valence-electron chi connectivity index (χ1n) is 6.57. The second-order valence-corrected chi connectivity index (χ2v) is 4.77. The van der Waals surface area contributed by atoms with E-state index in [1.807, 2.05) is 12.1 Å². The number of hydrogen-bond acceptors (Lipinski definition) is 3. The quantitative estimate of drug-likeness (QED) is 0.944. The van der Waals surface area contributed by atoms with Crippen molar-refractivity contribution in [2.75, 3.05) is 6.79 Å². The zero-order chi connectivity index (χ0) is 14.8. The van der Waals surface area contributed by atoms with Crippen LogP contribution >= 0.6 is 0 Å². The van der Waals surface area contributed by atoms with Gasteiger partial charge in [0.15, 0.2) is 11.5 Å². The largest absolute Gasteiger partial charge is 0.454 e. The van der Waals surface area contributed by atoms with Gasteiger partial charge in [-0.15, -0.1) is 0 Å². The highest BCUT2D eigenvalue weighted by molar-refractivity contribution is 5.94. The summed E-state index contributed by atoms with van der Waals surface area (Å²) in [6.45, 7) is 2.05. The Morgan fingerprint density at radius 2 is 2.05 bits per heavy atom. The Labute approximate surface area is 121 Å². The number of para-hydroxylation sites is 1. The molecule has 3 rings (SSSR count). The fourth-order valence-electron chi connectivity index (χ4n) is 2.22. The van der Waals surface area contributed by atoms with Gasteiger partial charge in [0, 0.05) is 12.1 Å². The third kappa shape index (κ3) is 2.54. The first-order chi connectivity index (χ1) is 10.2. The van der Waals surface area contributed by atoms with Crippen LogP contribution in [0.5, 0.6) is 11.5 Å². The predicted molar refractivity (Wildman–Crippen MR) is 74.9 cm³/mol. The summed E-state index contributed by atoms with van der Waals surface area (Å²) in [7, 11) is 0. The molecule has 2 aromatic rings. The van der Waals surface area contributed by atoms with Crippen molar-refractivity contribution in [3.05, 3.63) is 58.9 Å². The van der Waals surface area contributed by atoms with Gasteiger partial charge in [0.05, 0.1) is 5.56 Å². The smallest absolute Gasteiger partial charge is 0.254 e. The van der Waals surface area contributed by atoms with Gasteiger partial charge in [0.25, 0.3) is 5.91 Å². The maximum absolute atomic E-state index is 13.9. The summed E-state index contributed by atoms with van der Waals surface area (Å²) in [6, 6.07) is 10.2. The van der Waals surface area contributed by atoms with E-state index in [2.05, 4.69) is 5.32 Å². The van der Waals surface area contributed by atoms with Crippen LogP contribution in [-0.4, -0.2) is 12.7 Å². The first-order valence-corrected chi connectivity index (χ1v) is 6.57. The lowest BCUT2D eigenvalue weighted by molar-refractivity contribution is 0.0946. The van der Waals surface area contributed by atoms with Crippen molar-refractivity contribution in [3.63, 3.8) is 0 Å². The molecule has 1 aliphatic heterocycles. The van der Waals surface area contributed by atoms with Gasteiger partial charge in [-0.1, -0.05) is 24.3 Å². The summed E-state index contributed by atoms with van der Waals surface area (Å²) in [5.74, 6) is 0.339. The minimum atomic E-state index is -0.493. The maximum Gasteiger partial charge on any atom is 0.254 e. The topological polar surface area (TPSA) is 47.6 Å². The molecule has 1 heterocycles. The van der Waals surface area contributed by atoms with E-state index in [0.717, 1.165) is 5.56 Å². The fraction of sp³-hybridized carbons (Fsp3) is 0.188. The Morgan fingerprint density at radius 1 is 1.24 bits per heavy atom. The predicted octanol–water partition coefficient (Wildman–Crippen LogP) is 2.79. The zero-order valence-corrected chi connectivity index (χ0v) is 11.5. The maximum atomic E-state index is 13.9. The summed E-state index contributed by atoms with van der Waals surface area (Å²) < 4.78 is 24.5. The number of aryl methyl sites for hydroxylation is 1. The highest BCUT2D eigenvalue weighted by Gasteiger charge is 2.18. The van der Waals surface area contributed by atoms with Gasteiger partial charge in [-0.3, -0.25) is 4.79 Å². The van der Waals surface area contributed by atoms with Crippen LogP contribution in [0.1, 0.15) is 21.5 Å². The zero-order valence-electron chi connectivity index (χ0n) is 11.5. The number of rotatable bonds is 3. The van der Waals surface area contributed by atoms with E-state index in [9.17, 15) is 9.18 Å². The average molecular weight is 287 g/mol. The molecule has 1 aliphatic rings. The van der Waals surface area contributed by atoms with Gasteiger partial charge in [-0.25, -0.2) is 4.39 Å². The molecule has 0 radical (unpaired) electrons. The molecule has 0 spiro atoms. The molecule has 0 saturated heterocycles. The molecule has 5 heteroatoms. The van der Waals surface area contributed by atoms with Crippen LogP contribution < -0.4 is 14.8 Å². The van der Waals surface area contributed by atoms with Crippen molar-refractivity contribution in [3.8, 4) is 11.5 Å². The number of ether oxygens (including phenoxy) is 2. The molecule has 0 unspecified atom stereocenters. The highest BCUT2D eigenvalue weighted by Crippen LogP contribution is 2.35. The average Bonchev–Trinajstić information content (AvgIpc) is 2.96. The molecular formula is C16H14FNO3. The number of fused-ring (bicyclic) bond motifs is 1. The molecule has 21 heavy (non-hydrogen) atoms. The van der Waals surface area contributed by atoms with Crippen molar-refractivity contribution in [1.29, 1.82) is 0 Å². The van der Waals surface area contributed by atoms with Gasteiger partial charge in [-0.2, -0.15) is 0 Å². The second kappa shape index (κ2) is 5.44. The Morgan fingerprint density at radius 3 is 2.90 bits per heavy atom. The van der Waals surface area contributed by atoms with Gasteiger partial charge < -0.3 is 14.8 Å². The lowest BCUT2D eigenvalue weighted by Crippen LogP contribution is -2.24. The van der Waals surface area contributed by atoms with Crippen LogP contribution in [0.4, 0.5) is 4.39 Å². The van der Waals surface area contributed by atoms with E-state index in [1.165, 1.54) is 6.07 Å². The lowest BCUT2D eigenvalue weighted by atomic mass is 10.1. The molecule has 1 amide bonds. The van der Waals surface area contributed by atoms with Crippen LogP contribution in [0.3, 0.4) is 0 Å². The molecule has 0 bridgehead atoms. The van der Waals surface area contributed by atoms with Crippen molar-refractivity contribution < 1.29 is 18.7 Å². The number of carbonyl (C=O) groups excluding carboxylic acids is 1. The summed E-state index contributed by atoms with van der Waals surface area (Å²) in [6.07, 6.45) is 0. The highest BCUT2D eigenvalue weighted by atomic mass is 19.1. The van der Waals surface area contributed by atoms with Gasteiger partial charge in [-0.05, 0) is 24.6 Å². The standard InChI is InChI=1S/C16H14FNO3/c1-10-4-2-6-12(14(10)17)16(19)18-8-11-5-3-7-13-15(11)21-9-20-13/h2-7H,8-9H2,1H3,(H,18,19). The van der Waals surface area contributed by atoms with E-state index < -0.39 is 11.7 Å². The fourth-order valence-corrected chi connectivity index (χ4v) is 2.22. The number of carbonyl (C=O) groups is 1. The molecule has 4 nitrogen and oxygen atoms in total. The molecule has 2 aromatic carbocycles. The molecular weight excluding hydrogens is 273 g/mol. The van der Waals surface area contributed by atoms with E-state index in [1.54, 1.807) is 25.1 Å². The van der Waals surface area contributed by atoms with Crippen molar-refractivity contribution in [2.24, 2.45) is 0 Å². The van der Waals surface area contributed by atoms with Gasteiger partial charge in [0.1, 0.15) is 5.82 Å². The third-order valence-electron chi connectivity index (χ3n) is 3.35. The monoisotopic (exact) mass is 287 g/mol. The second-order valence-electron chi connectivity index (χ2n) is 4.77. The Hall–Kier alpha value is -2.56. The van der Waals surface area contributed by atoms with Crippen molar-refractivity contribution in [2.45, 2.75) is 13.5 Å². The van der Waals surface area contributed by atoms with Crippen LogP contribution in [0, 0.1) is 12.7 Å². The van der Waals surface area contributed by atoms with E-state index in [4.69, 9.17) is 9.47 Å². The van der Waals surface area contributed by atoms with Gasteiger partial charge in [0.2, 0.25) is 6.79 Å². The third-order valence-corrected chi connectivity index (χ3v) is 3.35. The molecule has 0 atom stereocenters. The van der Waals surface area contributed by atoms with Crippen LogP contribution in [0.2, 0.25) is 0 Å². The van der Waals surface area contributed by atoms with Crippen molar-refractivity contribution >= 4 is 5.91 Å². The number of amides is 1. The minimum Gasteiger partial charge on any atom is -0.454 e. The molecule has 0 fully saturated rings. The first kappa shape index (κ1) is 13.4. The Bertz CT molecular complexity index is 700.